The topological polar surface area (TPSA) is 29.9 Å². The van der Waals surface area contributed by atoms with Gasteiger partial charge in [-0.15, -0.1) is 0 Å². The summed E-state index contributed by atoms with van der Waals surface area (Å²) >= 11 is 0. The summed E-state index contributed by atoms with van der Waals surface area (Å²) in [7, 11) is 0. The van der Waals surface area contributed by atoms with Crippen molar-refractivity contribution >= 4 is 11.0 Å². The highest BCUT2D eigenvalue weighted by atomic mass is 15.1. The molecule has 2 atom stereocenters. The van der Waals surface area contributed by atoms with E-state index in [-0.39, 0.29) is 0 Å². The van der Waals surface area contributed by atoms with Crippen LogP contribution in [0.1, 0.15) is 46.5 Å². The molecule has 2 rings (SSSR count). The van der Waals surface area contributed by atoms with Crippen LogP contribution in [0.2, 0.25) is 0 Å². The summed E-state index contributed by atoms with van der Waals surface area (Å²) in [4.78, 5) is 4.50. The molecule has 0 aliphatic heterocycles. The Labute approximate surface area is 128 Å². The largest absolute Gasteiger partial charge is 0.329 e. The van der Waals surface area contributed by atoms with E-state index in [1.165, 1.54) is 31.2 Å². The number of aromatic nitrogens is 2. The number of imidazole rings is 1. The van der Waals surface area contributed by atoms with E-state index in [9.17, 15) is 0 Å². The van der Waals surface area contributed by atoms with Gasteiger partial charge < -0.3 is 9.88 Å². The fourth-order valence-corrected chi connectivity index (χ4v) is 3.06. The van der Waals surface area contributed by atoms with E-state index in [0.717, 1.165) is 24.5 Å². The molecule has 2 aromatic rings. The first kappa shape index (κ1) is 16.0. The fraction of sp³-hybridized carbons (Fsp3) is 0.611. The zero-order chi connectivity index (χ0) is 15.1. The van der Waals surface area contributed by atoms with Gasteiger partial charge in [0, 0.05) is 12.6 Å². The molecule has 0 bridgehead atoms. The highest BCUT2D eigenvalue weighted by Crippen LogP contribution is 2.17. The summed E-state index contributed by atoms with van der Waals surface area (Å²) in [5, 5.41) is 3.71. The van der Waals surface area contributed by atoms with Crippen LogP contribution >= 0.6 is 0 Å². The van der Waals surface area contributed by atoms with Gasteiger partial charge in [-0.3, -0.25) is 0 Å². The van der Waals surface area contributed by atoms with Gasteiger partial charge in [0.2, 0.25) is 0 Å². The van der Waals surface area contributed by atoms with Crippen LogP contribution in [0.4, 0.5) is 0 Å². The molecule has 1 aromatic heterocycles. The van der Waals surface area contributed by atoms with Crippen molar-refractivity contribution in [2.45, 2.75) is 59.0 Å². The molecule has 0 radical (unpaired) electrons. The summed E-state index contributed by atoms with van der Waals surface area (Å²) < 4.78 is 2.29. The van der Waals surface area contributed by atoms with E-state index < -0.39 is 0 Å². The summed E-state index contributed by atoms with van der Waals surface area (Å²) in [6.07, 6.45) is 6.99. The van der Waals surface area contributed by atoms with Crippen molar-refractivity contribution in [2.24, 2.45) is 5.92 Å². The second kappa shape index (κ2) is 8.18. The quantitative estimate of drug-likeness (QED) is 0.748. The van der Waals surface area contributed by atoms with E-state index in [4.69, 9.17) is 0 Å². The van der Waals surface area contributed by atoms with Gasteiger partial charge in [0.1, 0.15) is 0 Å². The Kier molecular flexibility index (Phi) is 6.24. The number of rotatable bonds is 9. The van der Waals surface area contributed by atoms with Crippen molar-refractivity contribution in [2.75, 3.05) is 6.54 Å². The Morgan fingerprint density at radius 3 is 2.76 bits per heavy atom. The molecule has 0 fully saturated rings. The molecule has 1 aromatic carbocycles. The van der Waals surface area contributed by atoms with E-state index >= 15 is 0 Å². The highest BCUT2D eigenvalue weighted by molar-refractivity contribution is 5.74. The predicted molar refractivity (Wildman–Crippen MR) is 90.5 cm³/mol. The zero-order valence-electron chi connectivity index (χ0n) is 13.7. The minimum Gasteiger partial charge on any atom is -0.329 e. The minimum atomic E-state index is 0.532. The summed E-state index contributed by atoms with van der Waals surface area (Å²) in [5.41, 5.74) is 2.33. The van der Waals surface area contributed by atoms with Crippen LogP contribution in [0.25, 0.3) is 11.0 Å². The summed E-state index contributed by atoms with van der Waals surface area (Å²) in [6, 6.07) is 8.92. The Morgan fingerprint density at radius 2 is 2.00 bits per heavy atom. The number of hydrogen-bond acceptors (Lipinski definition) is 2. The molecule has 2 unspecified atom stereocenters. The van der Waals surface area contributed by atoms with E-state index in [1.807, 2.05) is 6.33 Å². The molecule has 3 heteroatoms. The first-order valence-electron chi connectivity index (χ1n) is 8.37. The fourth-order valence-electron chi connectivity index (χ4n) is 3.06. The molecular weight excluding hydrogens is 258 g/mol. The number of benzene rings is 1. The third-order valence-electron chi connectivity index (χ3n) is 4.10. The molecule has 1 heterocycles. The van der Waals surface area contributed by atoms with Crippen LogP contribution in [-0.2, 0) is 6.54 Å². The lowest BCUT2D eigenvalue weighted by Gasteiger charge is -2.23. The lowest BCUT2D eigenvalue weighted by molar-refractivity contribution is 0.354. The maximum absolute atomic E-state index is 4.50. The van der Waals surface area contributed by atoms with Gasteiger partial charge in [-0.1, -0.05) is 45.7 Å². The number of nitrogens with zero attached hydrogens (tertiary/aromatic N) is 2. The Hall–Kier alpha value is -1.35. The van der Waals surface area contributed by atoms with Crippen LogP contribution in [0.3, 0.4) is 0 Å². The maximum atomic E-state index is 4.50. The molecule has 0 aliphatic rings. The summed E-state index contributed by atoms with van der Waals surface area (Å²) in [6.45, 7) is 8.97. The van der Waals surface area contributed by atoms with E-state index in [1.54, 1.807) is 0 Å². The van der Waals surface area contributed by atoms with Gasteiger partial charge in [0.15, 0.2) is 0 Å². The third-order valence-corrected chi connectivity index (χ3v) is 4.10. The second-order valence-electron chi connectivity index (χ2n) is 6.17. The Morgan fingerprint density at radius 1 is 1.19 bits per heavy atom. The Bertz CT molecular complexity index is 532. The van der Waals surface area contributed by atoms with Crippen molar-refractivity contribution in [1.82, 2.24) is 14.9 Å². The smallest absolute Gasteiger partial charge is 0.0958 e. The number of fused-ring (bicyclic) bond motifs is 1. The van der Waals surface area contributed by atoms with Crippen molar-refractivity contribution in [1.29, 1.82) is 0 Å². The molecule has 0 saturated carbocycles. The van der Waals surface area contributed by atoms with Gasteiger partial charge in [0.05, 0.1) is 17.4 Å². The highest BCUT2D eigenvalue weighted by Gasteiger charge is 2.14. The van der Waals surface area contributed by atoms with Gasteiger partial charge in [0.25, 0.3) is 0 Å². The van der Waals surface area contributed by atoms with Crippen LogP contribution in [0.5, 0.6) is 0 Å². The molecule has 0 saturated heterocycles. The summed E-state index contributed by atoms with van der Waals surface area (Å²) in [5.74, 6) is 0.777. The lowest BCUT2D eigenvalue weighted by Crippen LogP contribution is -2.35. The number of nitrogens with one attached hydrogen (secondary N) is 1. The van der Waals surface area contributed by atoms with Crippen molar-refractivity contribution in [3.63, 3.8) is 0 Å². The van der Waals surface area contributed by atoms with Gasteiger partial charge in [-0.05, 0) is 37.4 Å². The van der Waals surface area contributed by atoms with Gasteiger partial charge >= 0.3 is 0 Å². The SMILES string of the molecule is CCCNC(CC(C)CCC)Cn1cnc2ccccc21. The standard InChI is InChI=1S/C18H29N3/c1-4-8-15(3)12-16(19-11-5-2)13-21-14-20-17-9-6-7-10-18(17)21/h6-7,9-10,14-16,19H,4-5,8,11-13H2,1-3H3. The Balaban J connectivity index is 2.06. The average Bonchev–Trinajstić information content (AvgIpc) is 2.88. The zero-order valence-corrected chi connectivity index (χ0v) is 13.7. The molecule has 0 amide bonds. The lowest BCUT2D eigenvalue weighted by atomic mass is 9.97. The molecule has 116 valence electrons. The van der Waals surface area contributed by atoms with E-state index in [0.29, 0.717) is 6.04 Å². The van der Waals surface area contributed by atoms with Crippen molar-refractivity contribution in [3.8, 4) is 0 Å². The predicted octanol–water partition coefficient (Wildman–Crippen LogP) is 4.23. The van der Waals surface area contributed by atoms with Crippen molar-refractivity contribution in [3.05, 3.63) is 30.6 Å². The minimum absolute atomic E-state index is 0.532. The second-order valence-corrected chi connectivity index (χ2v) is 6.17. The van der Waals surface area contributed by atoms with Gasteiger partial charge in [-0.2, -0.15) is 0 Å². The first-order chi connectivity index (χ1) is 10.2. The molecule has 3 nitrogen and oxygen atoms in total. The van der Waals surface area contributed by atoms with Crippen LogP contribution < -0.4 is 5.32 Å². The van der Waals surface area contributed by atoms with Gasteiger partial charge in [-0.25, -0.2) is 4.98 Å². The first-order valence-corrected chi connectivity index (χ1v) is 8.37. The van der Waals surface area contributed by atoms with Crippen LogP contribution in [0.15, 0.2) is 30.6 Å². The van der Waals surface area contributed by atoms with E-state index in [2.05, 4.69) is 59.9 Å². The van der Waals surface area contributed by atoms with Crippen LogP contribution in [-0.4, -0.2) is 22.1 Å². The molecule has 0 aliphatic carbocycles. The average molecular weight is 287 g/mol. The molecule has 21 heavy (non-hydrogen) atoms. The number of para-hydroxylation sites is 2. The molecular formula is C18H29N3. The number of hydrogen-bond donors (Lipinski definition) is 1. The monoisotopic (exact) mass is 287 g/mol. The molecule has 0 spiro atoms. The normalized spacial score (nSPS) is 14.4. The third kappa shape index (κ3) is 4.57. The van der Waals surface area contributed by atoms with Crippen molar-refractivity contribution < 1.29 is 0 Å². The maximum Gasteiger partial charge on any atom is 0.0958 e. The van der Waals surface area contributed by atoms with Crippen LogP contribution in [0, 0.1) is 5.92 Å². The molecule has 1 N–H and O–H groups in total.